The van der Waals surface area contributed by atoms with Crippen LogP contribution in [-0.2, 0) is 4.79 Å². The number of hydrogen-bond donors (Lipinski definition) is 1. The summed E-state index contributed by atoms with van der Waals surface area (Å²) in [4.78, 5) is 14.5. The third-order valence-corrected chi connectivity index (χ3v) is 4.93. The van der Waals surface area contributed by atoms with Gasteiger partial charge in [-0.1, -0.05) is 26.2 Å². The van der Waals surface area contributed by atoms with Crippen LogP contribution in [0.15, 0.2) is 0 Å². The molecule has 2 fully saturated rings. The fourth-order valence-corrected chi connectivity index (χ4v) is 3.40. The minimum Gasteiger partial charge on any atom is -0.342 e. The van der Waals surface area contributed by atoms with Crippen molar-refractivity contribution in [2.24, 2.45) is 17.1 Å². The third-order valence-electron chi connectivity index (χ3n) is 4.93. The molecule has 0 aromatic carbocycles. The maximum absolute atomic E-state index is 12.5. The van der Waals surface area contributed by atoms with E-state index < -0.39 is 0 Å². The second-order valence-corrected chi connectivity index (χ2v) is 6.18. The highest BCUT2D eigenvalue weighted by molar-refractivity contribution is 5.84. The summed E-state index contributed by atoms with van der Waals surface area (Å²) in [5.74, 6) is 1.07. The van der Waals surface area contributed by atoms with E-state index in [0.29, 0.717) is 18.5 Å². The number of rotatable bonds is 3. The van der Waals surface area contributed by atoms with Gasteiger partial charge in [0.2, 0.25) is 5.91 Å². The van der Waals surface area contributed by atoms with E-state index >= 15 is 0 Å². The van der Waals surface area contributed by atoms with Gasteiger partial charge in [0.25, 0.3) is 0 Å². The Balaban J connectivity index is 1.98. The summed E-state index contributed by atoms with van der Waals surface area (Å²) in [6.07, 6.45) is 8.08. The van der Waals surface area contributed by atoms with Gasteiger partial charge in [-0.3, -0.25) is 4.79 Å². The molecule has 1 amide bonds. The first kappa shape index (κ1) is 12.9. The lowest BCUT2D eigenvalue weighted by Crippen LogP contribution is -2.54. The fourth-order valence-electron chi connectivity index (χ4n) is 3.40. The van der Waals surface area contributed by atoms with Crippen molar-refractivity contribution in [1.29, 1.82) is 0 Å². The first-order valence-corrected chi connectivity index (χ1v) is 7.06. The van der Waals surface area contributed by atoms with Crippen LogP contribution < -0.4 is 5.73 Å². The molecule has 0 aromatic heterocycles. The van der Waals surface area contributed by atoms with Crippen molar-refractivity contribution < 1.29 is 4.79 Å². The Kier molecular flexibility index (Phi) is 3.76. The molecule has 0 saturated heterocycles. The zero-order chi connectivity index (χ0) is 12.5. The van der Waals surface area contributed by atoms with Gasteiger partial charge >= 0.3 is 0 Å². The molecule has 2 atom stereocenters. The van der Waals surface area contributed by atoms with E-state index in [0.717, 1.165) is 25.2 Å². The van der Waals surface area contributed by atoms with Gasteiger partial charge in [-0.25, -0.2) is 0 Å². The highest BCUT2D eigenvalue weighted by Gasteiger charge is 2.45. The molecule has 0 spiro atoms. The summed E-state index contributed by atoms with van der Waals surface area (Å²) in [5.41, 5.74) is 5.62. The zero-order valence-electron chi connectivity index (χ0n) is 11.2. The van der Waals surface area contributed by atoms with Crippen molar-refractivity contribution >= 4 is 5.91 Å². The average molecular weight is 238 g/mol. The largest absolute Gasteiger partial charge is 0.342 e. The summed E-state index contributed by atoms with van der Waals surface area (Å²) in [7, 11) is 1.99. The molecule has 3 nitrogen and oxygen atoms in total. The maximum atomic E-state index is 12.5. The Morgan fingerprint density at radius 1 is 1.35 bits per heavy atom. The Bertz CT molecular complexity index is 280. The molecule has 2 rings (SSSR count). The minimum atomic E-state index is -0.199. The first-order chi connectivity index (χ1) is 8.09. The molecule has 3 heteroatoms. The number of carbonyl (C=O) groups is 1. The van der Waals surface area contributed by atoms with Crippen LogP contribution in [0.1, 0.15) is 51.9 Å². The SMILES string of the molecule is CC1CCCC(N(C)C(=O)C2(CN)CCC2)C1. The van der Waals surface area contributed by atoms with Crippen LogP contribution in [0.3, 0.4) is 0 Å². The van der Waals surface area contributed by atoms with Crippen molar-refractivity contribution in [3.63, 3.8) is 0 Å². The van der Waals surface area contributed by atoms with Gasteiger partial charge < -0.3 is 10.6 Å². The van der Waals surface area contributed by atoms with E-state index in [1.54, 1.807) is 0 Å². The van der Waals surface area contributed by atoms with Crippen molar-refractivity contribution in [2.75, 3.05) is 13.6 Å². The highest BCUT2D eigenvalue weighted by atomic mass is 16.2. The van der Waals surface area contributed by atoms with Gasteiger partial charge in [-0.05, 0) is 31.6 Å². The lowest BCUT2D eigenvalue weighted by molar-refractivity contribution is -0.148. The number of hydrogen-bond acceptors (Lipinski definition) is 2. The van der Waals surface area contributed by atoms with Crippen molar-refractivity contribution in [3.8, 4) is 0 Å². The summed E-state index contributed by atoms with van der Waals surface area (Å²) in [6.45, 7) is 2.82. The van der Waals surface area contributed by atoms with Gasteiger partial charge in [0.15, 0.2) is 0 Å². The van der Waals surface area contributed by atoms with Gasteiger partial charge in [0.1, 0.15) is 0 Å². The Labute approximate surface area is 105 Å². The Morgan fingerprint density at radius 2 is 2.06 bits per heavy atom. The molecular weight excluding hydrogens is 212 g/mol. The number of amides is 1. The summed E-state index contributed by atoms with van der Waals surface area (Å²) in [5, 5.41) is 0. The predicted octanol–water partition coefficient (Wildman–Crippen LogP) is 2.15. The van der Waals surface area contributed by atoms with E-state index in [1.807, 2.05) is 11.9 Å². The van der Waals surface area contributed by atoms with Crippen LogP contribution in [0.4, 0.5) is 0 Å². The van der Waals surface area contributed by atoms with Gasteiger partial charge in [-0.2, -0.15) is 0 Å². The van der Waals surface area contributed by atoms with E-state index in [1.165, 1.54) is 25.7 Å². The molecule has 0 aromatic rings. The lowest BCUT2D eigenvalue weighted by atomic mass is 9.67. The van der Waals surface area contributed by atoms with Crippen LogP contribution in [0.5, 0.6) is 0 Å². The summed E-state index contributed by atoms with van der Waals surface area (Å²) >= 11 is 0. The second kappa shape index (κ2) is 4.97. The van der Waals surface area contributed by atoms with Crippen LogP contribution in [-0.4, -0.2) is 30.4 Å². The molecule has 2 N–H and O–H groups in total. The van der Waals surface area contributed by atoms with E-state index in [4.69, 9.17) is 5.73 Å². The zero-order valence-corrected chi connectivity index (χ0v) is 11.2. The molecule has 17 heavy (non-hydrogen) atoms. The normalized spacial score (nSPS) is 31.7. The molecule has 0 radical (unpaired) electrons. The number of carbonyl (C=O) groups excluding carboxylic acids is 1. The number of nitrogens with two attached hydrogens (primary N) is 1. The first-order valence-electron chi connectivity index (χ1n) is 7.06. The molecule has 2 unspecified atom stereocenters. The number of nitrogens with zero attached hydrogens (tertiary/aromatic N) is 1. The standard InChI is InChI=1S/C14H26N2O/c1-11-5-3-6-12(9-11)16(2)13(17)14(10-15)7-4-8-14/h11-12H,3-10,15H2,1-2H3. The van der Waals surface area contributed by atoms with Crippen LogP contribution in [0, 0.1) is 11.3 Å². The van der Waals surface area contributed by atoms with Gasteiger partial charge in [-0.15, -0.1) is 0 Å². The van der Waals surface area contributed by atoms with E-state index in [-0.39, 0.29) is 5.41 Å². The highest BCUT2D eigenvalue weighted by Crippen LogP contribution is 2.42. The lowest BCUT2D eigenvalue weighted by Gasteiger charge is -2.45. The molecule has 0 aliphatic heterocycles. The van der Waals surface area contributed by atoms with E-state index in [9.17, 15) is 4.79 Å². The Hall–Kier alpha value is -0.570. The molecule has 2 aliphatic carbocycles. The van der Waals surface area contributed by atoms with Crippen LogP contribution in [0.2, 0.25) is 0 Å². The van der Waals surface area contributed by atoms with Crippen LogP contribution >= 0.6 is 0 Å². The molecule has 98 valence electrons. The van der Waals surface area contributed by atoms with Crippen molar-refractivity contribution in [3.05, 3.63) is 0 Å². The van der Waals surface area contributed by atoms with Crippen molar-refractivity contribution in [2.45, 2.75) is 57.9 Å². The Morgan fingerprint density at radius 3 is 2.53 bits per heavy atom. The minimum absolute atomic E-state index is 0.199. The fraction of sp³-hybridized carbons (Fsp3) is 0.929. The summed E-state index contributed by atoms with van der Waals surface area (Å²) in [6, 6.07) is 0.454. The smallest absolute Gasteiger partial charge is 0.230 e. The second-order valence-electron chi connectivity index (χ2n) is 6.18. The molecule has 0 heterocycles. The predicted molar refractivity (Wildman–Crippen MR) is 69.5 cm³/mol. The van der Waals surface area contributed by atoms with E-state index in [2.05, 4.69) is 6.92 Å². The molecule has 0 bridgehead atoms. The monoisotopic (exact) mass is 238 g/mol. The molecule has 2 saturated carbocycles. The molecular formula is C14H26N2O. The molecule has 2 aliphatic rings. The summed E-state index contributed by atoms with van der Waals surface area (Å²) < 4.78 is 0. The third kappa shape index (κ3) is 2.35. The van der Waals surface area contributed by atoms with Gasteiger partial charge in [0, 0.05) is 19.6 Å². The average Bonchev–Trinajstić information content (AvgIpc) is 2.27. The van der Waals surface area contributed by atoms with Crippen LogP contribution in [0.25, 0.3) is 0 Å². The topological polar surface area (TPSA) is 46.3 Å². The van der Waals surface area contributed by atoms with Crippen molar-refractivity contribution in [1.82, 2.24) is 4.90 Å². The quantitative estimate of drug-likeness (QED) is 0.819. The maximum Gasteiger partial charge on any atom is 0.230 e. The van der Waals surface area contributed by atoms with Gasteiger partial charge in [0.05, 0.1) is 5.41 Å².